The van der Waals surface area contributed by atoms with Crippen LogP contribution >= 0.6 is 11.3 Å². The first-order valence-electron chi connectivity index (χ1n) is 7.31. The summed E-state index contributed by atoms with van der Waals surface area (Å²) < 4.78 is 1.12. The number of amides is 1. The van der Waals surface area contributed by atoms with E-state index in [2.05, 4.69) is 9.97 Å². The first-order valence-corrected chi connectivity index (χ1v) is 8.13. The lowest BCUT2D eigenvalue weighted by molar-refractivity contribution is -0.140. The Kier molecular flexibility index (Phi) is 4.09. The van der Waals surface area contributed by atoms with Crippen LogP contribution < -0.4 is 11.3 Å². The maximum Gasteiger partial charge on any atom is 0.326 e. The number of nitrogens with two attached hydrogens (primary N) is 1. The molecule has 9 heteroatoms. The van der Waals surface area contributed by atoms with Gasteiger partial charge in [0.1, 0.15) is 16.7 Å². The van der Waals surface area contributed by atoms with Crippen LogP contribution in [0.2, 0.25) is 0 Å². The molecule has 0 saturated carbocycles. The molecule has 0 saturated heterocycles. The summed E-state index contributed by atoms with van der Waals surface area (Å²) in [5.41, 5.74) is 5.80. The van der Waals surface area contributed by atoms with Crippen LogP contribution in [0.25, 0.3) is 21.6 Å². The first-order chi connectivity index (χ1) is 11.8. The molecule has 0 aromatic carbocycles. The number of aryl methyl sites for hydroxylation is 1. The lowest BCUT2D eigenvalue weighted by Crippen LogP contribution is -2.30. The van der Waals surface area contributed by atoms with E-state index in [1.54, 1.807) is 19.1 Å². The van der Waals surface area contributed by atoms with Crippen molar-refractivity contribution in [3.05, 3.63) is 45.3 Å². The van der Waals surface area contributed by atoms with Crippen LogP contribution in [0.3, 0.4) is 0 Å². The van der Waals surface area contributed by atoms with Gasteiger partial charge in [-0.2, -0.15) is 0 Å². The summed E-state index contributed by atoms with van der Waals surface area (Å²) >= 11 is 1.02. The number of carbonyl (C=O) groups excluding carboxylic acids is 1. The van der Waals surface area contributed by atoms with Crippen LogP contribution in [-0.4, -0.2) is 31.5 Å². The number of fused-ring (bicyclic) bond motifs is 1. The van der Waals surface area contributed by atoms with Gasteiger partial charge in [0, 0.05) is 18.0 Å². The molecular weight excluding hydrogens is 344 g/mol. The quantitative estimate of drug-likeness (QED) is 0.728. The molecule has 0 bridgehead atoms. The molecule has 3 aromatic heterocycles. The van der Waals surface area contributed by atoms with Crippen LogP contribution in [0, 0.1) is 6.92 Å². The molecule has 128 valence electrons. The van der Waals surface area contributed by atoms with Crippen molar-refractivity contribution < 1.29 is 14.7 Å². The standard InChI is InChI=1S/C16H14N4O4S/c1-7-10-14(25-11(7)12(17)21)19-13(9-3-5-18-6-4-9)20(15(10)22)8(2)16(23)24/h3-6,8H,1-2H3,(H2,17,21)(H,23,24). The van der Waals surface area contributed by atoms with Gasteiger partial charge in [-0.15, -0.1) is 11.3 Å². The second-order valence-electron chi connectivity index (χ2n) is 5.46. The largest absolute Gasteiger partial charge is 0.480 e. The molecule has 3 rings (SSSR count). The van der Waals surface area contributed by atoms with E-state index in [9.17, 15) is 19.5 Å². The third-order valence-electron chi connectivity index (χ3n) is 3.90. The number of aromatic nitrogens is 3. The second kappa shape index (κ2) is 6.10. The summed E-state index contributed by atoms with van der Waals surface area (Å²) in [7, 11) is 0. The summed E-state index contributed by atoms with van der Waals surface area (Å²) in [6, 6.07) is 2.13. The number of nitrogens with zero attached hydrogens (tertiary/aromatic N) is 3. The number of hydrogen-bond donors (Lipinski definition) is 2. The normalized spacial score (nSPS) is 12.2. The molecule has 1 atom stereocenters. The van der Waals surface area contributed by atoms with Crippen LogP contribution in [-0.2, 0) is 4.79 Å². The molecule has 3 aromatic rings. The minimum atomic E-state index is -1.17. The third-order valence-corrected chi connectivity index (χ3v) is 5.10. The fourth-order valence-corrected chi connectivity index (χ4v) is 3.63. The van der Waals surface area contributed by atoms with E-state index in [-0.39, 0.29) is 16.1 Å². The minimum absolute atomic E-state index is 0.201. The van der Waals surface area contributed by atoms with Crippen molar-refractivity contribution in [2.75, 3.05) is 0 Å². The van der Waals surface area contributed by atoms with E-state index < -0.39 is 23.5 Å². The van der Waals surface area contributed by atoms with Crippen LogP contribution in [0.5, 0.6) is 0 Å². The predicted molar refractivity (Wildman–Crippen MR) is 92.7 cm³/mol. The molecule has 8 nitrogen and oxygen atoms in total. The van der Waals surface area contributed by atoms with Crippen molar-refractivity contribution in [1.82, 2.24) is 14.5 Å². The Bertz CT molecular complexity index is 1060. The molecule has 0 aliphatic carbocycles. The molecular formula is C16H14N4O4S. The number of carboxylic acids is 1. The van der Waals surface area contributed by atoms with E-state index in [4.69, 9.17) is 5.73 Å². The van der Waals surface area contributed by atoms with Crippen LogP contribution in [0.4, 0.5) is 0 Å². The summed E-state index contributed by atoms with van der Waals surface area (Å²) in [5.74, 6) is -1.61. The Morgan fingerprint density at radius 1 is 1.32 bits per heavy atom. The number of carboxylic acid groups (broad SMARTS) is 1. The SMILES string of the molecule is Cc1c(C(N)=O)sc2nc(-c3ccncc3)n(C(C)C(=O)O)c(=O)c12. The topological polar surface area (TPSA) is 128 Å². The molecule has 3 heterocycles. The molecule has 0 aliphatic heterocycles. The Labute approximate surface area is 145 Å². The molecule has 0 spiro atoms. The average molecular weight is 358 g/mol. The summed E-state index contributed by atoms with van der Waals surface area (Å²) in [5, 5.41) is 9.61. The van der Waals surface area contributed by atoms with Gasteiger partial charge in [-0.05, 0) is 31.5 Å². The highest BCUT2D eigenvalue weighted by molar-refractivity contribution is 7.20. The second-order valence-corrected chi connectivity index (χ2v) is 6.46. The van der Waals surface area contributed by atoms with E-state index >= 15 is 0 Å². The van der Waals surface area contributed by atoms with Crippen molar-refractivity contribution in [1.29, 1.82) is 0 Å². The van der Waals surface area contributed by atoms with Gasteiger partial charge >= 0.3 is 5.97 Å². The first kappa shape index (κ1) is 16.8. The van der Waals surface area contributed by atoms with E-state index in [0.717, 1.165) is 15.9 Å². The molecule has 0 aliphatic rings. The van der Waals surface area contributed by atoms with E-state index in [0.29, 0.717) is 16.0 Å². The number of pyridine rings is 1. The molecule has 1 unspecified atom stereocenters. The zero-order valence-corrected chi connectivity index (χ0v) is 14.2. The van der Waals surface area contributed by atoms with Crippen LogP contribution in [0.1, 0.15) is 28.2 Å². The molecule has 3 N–H and O–H groups in total. The summed E-state index contributed by atoms with van der Waals surface area (Å²) in [4.78, 5) is 45.1. The van der Waals surface area contributed by atoms with Gasteiger partial charge < -0.3 is 10.8 Å². The number of rotatable bonds is 4. The van der Waals surface area contributed by atoms with E-state index in [1.807, 2.05) is 0 Å². The smallest absolute Gasteiger partial charge is 0.326 e. The number of primary amides is 1. The Morgan fingerprint density at radius 2 is 1.96 bits per heavy atom. The van der Waals surface area contributed by atoms with Crippen molar-refractivity contribution in [2.45, 2.75) is 19.9 Å². The molecule has 1 amide bonds. The Morgan fingerprint density at radius 3 is 2.52 bits per heavy atom. The van der Waals surface area contributed by atoms with Gasteiger partial charge in [-0.3, -0.25) is 19.1 Å². The molecule has 25 heavy (non-hydrogen) atoms. The van der Waals surface area contributed by atoms with Crippen molar-refractivity contribution in [2.24, 2.45) is 5.73 Å². The Hall–Kier alpha value is -3.07. The van der Waals surface area contributed by atoms with Gasteiger partial charge in [-0.25, -0.2) is 9.78 Å². The van der Waals surface area contributed by atoms with E-state index in [1.165, 1.54) is 19.3 Å². The fraction of sp³-hybridized carbons (Fsp3) is 0.188. The maximum atomic E-state index is 13.0. The van der Waals surface area contributed by atoms with Gasteiger partial charge in [0.05, 0.1) is 10.3 Å². The lowest BCUT2D eigenvalue weighted by Gasteiger charge is -2.16. The number of carbonyl (C=O) groups is 2. The highest BCUT2D eigenvalue weighted by Crippen LogP contribution is 2.30. The average Bonchev–Trinajstić information content (AvgIpc) is 2.92. The predicted octanol–water partition coefficient (Wildman–Crippen LogP) is 1.57. The number of thiophene rings is 1. The summed E-state index contributed by atoms with van der Waals surface area (Å²) in [6.07, 6.45) is 3.05. The minimum Gasteiger partial charge on any atom is -0.480 e. The third kappa shape index (κ3) is 2.68. The number of aliphatic carboxylic acids is 1. The maximum absolute atomic E-state index is 13.0. The van der Waals surface area contributed by atoms with Crippen molar-refractivity contribution in [3.63, 3.8) is 0 Å². The zero-order valence-electron chi connectivity index (χ0n) is 13.4. The van der Waals surface area contributed by atoms with Gasteiger partial charge in [0.15, 0.2) is 0 Å². The van der Waals surface area contributed by atoms with Crippen LogP contribution in [0.15, 0.2) is 29.3 Å². The molecule has 0 fully saturated rings. The molecule has 0 radical (unpaired) electrons. The lowest BCUT2D eigenvalue weighted by atomic mass is 10.1. The van der Waals surface area contributed by atoms with Crippen molar-refractivity contribution in [3.8, 4) is 11.4 Å². The number of hydrogen-bond acceptors (Lipinski definition) is 6. The van der Waals surface area contributed by atoms with Crippen molar-refractivity contribution >= 4 is 33.4 Å². The highest BCUT2D eigenvalue weighted by Gasteiger charge is 2.25. The zero-order chi connectivity index (χ0) is 18.3. The van der Waals surface area contributed by atoms with Gasteiger partial charge in [0.25, 0.3) is 11.5 Å². The van der Waals surface area contributed by atoms with Gasteiger partial charge in [-0.1, -0.05) is 0 Å². The Balaban J connectivity index is 2.45. The summed E-state index contributed by atoms with van der Waals surface area (Å²) in [6.45, 7) is 3.00. The highest BCUT2D eigenvalue weighted by atomic mass is 32.1. The fourth-order valence-electron chi connectivity index (χ4n) is 2.60. The monoisotopic (exact) mass is 358 g/mol. The van der Waals surface area contributed by atoms with Gasteiger partial charge in [0.2, 0.25) is 0 Å².